The minimum atomic E-state index is 0.534. The molecule has 1 heterocycles. The van der Waals surface area contributed by atoms with Crippen molar-refractivity contribution >= 4 is 0 Å². The lowest BCUT2D eigenvalue weighted by atomic mass is 10.0. The van der Waals surface area contributed by atoms with E-state index in [1.807, 2.05) is 0 Å². The number of unbranched alkanes of at least 4 members (excludes halogenated alkanes) is 1. The molecule has 1 atom stereocenters. The molecule has 1 N–H and O–H groups in total. The van der Waals surface area contributed by atoms with Crippen LogP contribution in [0, 0.1) is 0 Å². The van der Waals surface area contributed by atoms with Crippen LogP contribution in [0.2, 0.25) is 0 Å². The highest BCUT2D eigenvalue weighted by molar-refractivity contribution is 4.80. The van der Waals surface area contributed by atoms with Gasteiger partial charge in [0.15, 0.2) is 0 Å². The van der Waals surface area contributed by atoms with Gasteiger partial charge in [0.1, 0.15) is 0 Å². The van der Waals surface area contributed by atoms with Gasteiger partial charge in [0.2, 0.25) is 0 Å². The van der Waals surface area contributed by atoms with E-state index in [1.165, 1.54) is 45.3 Å². The minimum absolute atomic E-state index is 0.534. The summed E-state index contributed by atoms with van der Waals surface area (Å²) >= 11 is 0. The predicted molar refractivity (Wildman–Crippen MR) is 73.5 cm³/mol. The Kier molecular flexibility index (Phi) is 7.82. The van der Waals surface area contributed by atoms with Crippen molar-refractivity contribution in [2.45, 2.75) is 58.0 Å². The Labute approximate surface area is 107 Å². The van der Waals surface area contributed by atoms with Gasteiger partial charge in [0.05, 0.1) is 6.61 Å². The molecule has 0 aliphatic carbocycles. The molecule has 1 fully saturated rings. The van der Waals surface area contributed by atoms with Crippen LogP contribution < -0.4 is 5.32 Å². The Morgan fingerprint density at radius 3 is 2.53 bits per heavy atom. The summed E-state index contributed by atoms with van der Waals surface area (Å²) in [7, 11) is 1.79. The quantitative estimate of drug-likeness (QED) is 0.706. The van der Waals surface area contributed by atoms with Crippen LogP contribution >= 0.6 is 0 Å². The van der Waals surface area contributed by atoms with Gasteiger partial charge in [-0.25, -0.2) is 0 Å². The highest BCUT2D eigenvalue weighted by Gasteiger charge is 2.20. The van der Waals surface area contributed by atoms with E-state index in [0.29, 0.717) is 12.1 Å². The van der Waals surface area contributed by atoms with Crippen molar-refractivity contribution in [1.29, 1.82) is 0 Å². The maximum atomic E-state index is 5.24. The fraction of sp³-hybridized carbons (Fsp3) is 1.00. The maximum Gasteiger partial charge on any atom is 0.0615 e. The van der Waals surface area contributed by atoms with Gasteiger partial charge in [-0.3, -0.25) is 0 Å². The molecule has 17 heavy (non-hydrogen) atoms. The fourth-order valence-electron chi connectivity index (χ4n) is 2.52. The van der Waals surface area contributed by atoms with Crippen LogP contribution in [0.15, 0.2) is 0 Å². The van der Waals surface area contributed by atoms with Crippen molar-refractivity contribution in [1.82, 2.24) is 10.2 Å². The van der Waals surface area contributed by atoms with E-state index in [0.717, 1.165) is 13.0 Å². The fourth-order valence-corrected chi connectivity index (χ4v) is 2.52. The second-order valence-corrected chi connectivity index (χ2v) is 5.20. The Morgan fingerprint density at radius 1 is 1.29 bits per heavy atom. The van der Waals surface area contributed by atoms with Crippen LogP contribution in [0.1, 0.15) is 46.0 Å². The summed E-state index contributed by atoms with van der Waals surface area (Å²) in [6.07, 6.45) is 6.40. The standard InChI is InChI=1S/C14H30N2O/c1-4-6-9-16-10-7-14(8-11-16)15-13(5-2)12-17-3/h13-15H,4-12H2,1-3H3. The van der Waals surface area contributed by atoms with Crippen LogP contribution in [0.5, 0.6) is 0 Å². The first kappa shape index (κ1) is 14.9. The molecule has 0 aromatic heterocycles. The molecule has 1 saturated heterocycles. The summed E-state index contributed by atoms with van der Waals surface area (Å²) in [5.41, 5.74) is 0. The maximum absolute atomic E-state index is 5.24. The number of piperidine rings is 1. The molecule has 0 aromatic rings. The van der Waals surface area contributed by atoms with Crippen molar-refractivity contribution < 1.29 is 4.74 Å². The Hall–Kier alpha value is -0.120. The van der Waals surface area contributed by atoms with Gasteiger partial charge in [0, 0.05) is 19.2 Å². The third kappa shape index (κ3) is 5.84. The van der Waals surface area contributed by atoms with Crippen LogP contribution in [-0.4, -0.2) is 50.3 Å². The van der Waals surface area contributed by atoms with Gasteiger partial charge < -0.3 is 15.0 Å². The lowest BCUT2D eigenvalue weighted by Crippen LogP contribution is -2.47. The number of hydrogen-bond acceptors (Lipinski definition) is 3. The molecule has 0 amide bonds. The van der Waals surface area contributed by atoms with Gasteiger partial charge in [-0.15, -0.1) is 0 Å². The Morgan fingerprint density at radius 2 is 2.00 bits per heavy atom. The molecule has 0 saturated carbocycles. The highest BCUT2D eigenvalue weighted by atomic mass is 16.5. The molecular formula is C14H30N2O. The SMILES string of the molecule is CCCCN1CCC(NC(CC)COC)CC1. The monoisotopic (exact) mass is 242 g/mol. The molecule has 0 aromatic carbocycles. The Bertz CT molecular complexity index is 179. The molecule has 102 valence electrons. The zero-order chi connectivity index (χ0) is 12.5. The van der Waals surface area contributed by atoms with E-state index in [1.54, 1.807) is 7.11 Å². The average Bonchev–Trinajstić information content (AvgIpc) is 2.37. The van der Waals surface area contributed by atoms with Crippen molar-refractivity contribution in [2.24, 2.45) is 0 Å². The normalized spacial score (nSPS) is 20.6. The lowest BCUT2D eigenvalue weighted by Gasteiger charge is -2.34. The van der Waals surface area contributed by atoms with Gasteiger partial charge in [-0.05, 0) is 45.3 Å². The molecule has 1 rings (SSSR count). The summed E-state index contributed by atoms with van der Waals surface area (Å²) in [5.74, 6) is 0. The molecule has 0 radical (unpaired) electrons. The van der Waals surface area contributed by atoms with Gasteiger partial charge in [-0.1, -0.05) is 20.3 Å². The number of ether oxygens (including phenoxy) is 1. The number of nitrogens with one attached hydrogen (secondary N) is 1. The molecule has 1 aliphatic rings. The summed E-state index contributed by atoms with van der Waals surface area (Å²) < 4.78 is 5.24. The first-order valence-corrected chi connectivity index (χ1v) is 7.27. The van der Waals surface area contributed by atoms with Crippen molar-refractivity contribution in [3.63, 3.8) is 0 Å². The predicted octanol–water partition coefficient (Wildman–Crippen LogP) is 2.27. The van der Waals surface area contributed by atoms with Crippen LogP contribution in [0.4, 0.5) is 0 Å². The minimum Gasteiger partial charge on any atom is -0.383 e. The molecule has 0 bridgehead atoms. The second kappa shape index (κ2) is 8.90. The van der Waals surface area contributed by atoms with Crippen molar-refractivity contribution in [3.8, 4) is 0 Å². The number of hydrogen-bond donors (Lipinski definition) is 1. The number of nitrogens with zero attached hydrogens (tertiary/aromatic N) is 1. The molecule has 1 unspecified atom stereocenters. The highest BCUT2D eigenvalue weighted by Crippen LogP contribution is 2.12. The molecule has 1 aliphatic heterocycles. The van der Waals surface area contributed by atoms with E-state index >= 15 is 0 Å². The summed E-state index contributed by atoms with van der Waals surface area (Å²) in [4.78, 5) is 2.61. The first-order valence-electron chi connectivity index (χ1n) is 7.27. The van der Waals surface area contributed by atoms with Gasteiger partial charge in [0.25, 0.3) is 0 Å². The van der Waals surface area contributed by atoms with E-state index in [9.17, 15) is 0 Å². The zero-order valence-electron chi connectivity index (χ0n) is 11.9. The van der Waals surface area contributed by atoms with Crippen LogP contribution in [0.25, 0.3) is 0 Å². The molecule has 0 spiro atoms. The average molecular weight is 242 g/mol. The van der Waals surface area contributed by atoms with Crippen molar-refractivity contribution in [3.05, 3.63) is 0 Å². The molecule has 3 heteroatoms. The summed E-state index contributed by atoms with van der Waals surface area (Å²) in [6, 6.07) is 1.24. The third-order valence-corrected chi connectivity index (χ3v) is 3.75. The largest absolute Gasteiger partial charge is 0.383 e. The van der Waals surface area contributed by atoms with E-state index in [-0.39, 0.29) is 0 Å². The number of methoxy groups -OCH3 is 1. The van der Waals surface area contributed by atoms with E-state index in [2.05, 4.69) is 24.1 Å². The van der Waals surface area contributed by atoms with Crippen LogP contribution in [0.3, 0.4) is 0 Å². The van der Waals surface area contributed by atoms with Gasteiger partial charge >= 0.3 is 0 Å². The van der Waals surface area contributed by atoms with Crippen molar-refractivity contribution in [2.75, 3.05) is 33.4 Å². The van der Waals surface area contributed by atoms with Gasteiger partial charge in [-0.2, -0.15) is 0 Å². The summed E-state index contributed by atoms with van der Waals surface area (Å²) in [5, 5.41) is 3.73. The number of likely N-dealkylation sites (tertiary alicyclic amines) is 1. The lowest BCUT2D eigenvalue weighted by molar-refractivity contribution is 0.139. The smallest absolute Gasteiger partial charge is 0.0615 e. The first-order chi connectivity index (χ1) is 8.30. The molecular weight excluding hydrogens is 212 g/mol. The molecule has 3 nitrogen and oxygen atoms in total. The number of rotatable bonds is 8. The third-order valence-electron chi connectivity index (χ3n) is 3.75. The second-order valence-electron chi connectivity index (χ2n) is 5.20. The topological polar surface area (TPSA) is 24.5 Å². The summed E-state index contributed by atoms with van der Waals surface area (Å²) in [6.45, 7) is 9.16. The Balaban J connectivity index is 2.17. The zero-order valence-corrected chi connectivity index (χ0v) is 11.9. The van der Waals surface area contributed by atoms with Crippen LogP contribution in [-0.2, 0) is 4.74 Å². The van der Waals surface area contributed by atoms with E-state index < -0.39 is 0 Å². The van der Waals surface area contributed by atoms with E-state index in [4.69, 9.17) is 4.74 Å².